The highest BCUT2D eigenvalue weighted by molar-refractivity contribution is 7.93. The number of sulfone groups is 1. The predicted octanol–water partition coefficient (Wildman–Crippen LogP) is 2.25. The van der Waals surface area contributed by atoms with Crippen LogP contribution in [0.4, 0.5) is 0 Å². The molecule has 4 nitrogen and oxygen atoms in total. The van der Waals surface area contributed by atoms with E-state index in [0.29, 0.717) is 32.1 Å². The molecule has 0 aliphatic carbocycles. The predicted molar refractivity (Wildman–Crippen MR) is 85.4 cm³/mol. The first kappa shape index (κ1) is 14.2. The first-order valence-electron chi connectivity index (χ1n) is 7.76. The number of aliphatic hydroxyl groups is 1. The van der Waals surface area contributed by atoms with Crippen molar-refractivity contribution >= 4 is 20.7 Å². The van der Waals surface area contributed by atoms with Crippen molar-refractivity contribution in [3.63, 3.8) is 0 Å². The van der Waals surface area contributed by atoms with Crippen LogP contribution >= 0.6 is 0 Å². The van der Waals surface area contributed by atoms with E-state index in [9.17, 15) is 13.5 Å². The Hall–Kier alpha value is -1.46. The number of aromatic nitrogens is 1. The van der Waals surface area contributed by atoms with Crippen molar-refractivity contribution in [3.05, 3.63) is 42.1 Å². The van der Waals surface area contributed by atoms with Crippen LogP contribution < -0.4 is 0 Å². The van der Waals surface area contributed by atoms with Gasteiger partial charge in [0, 0.05) is 18.0 Å². The Labute approximate surface area is 130 Å². The van der Waals surface area contributed by atoms with Gasteiger partial charge < -0.3 is 5.11 Å². The molecule has 2 atom stereocenters. The van der Waals surface area contributed by atoms with Gasteiger partial charge in [-0.1, -0.05) is 24.3 Å². The lowest BCUT2D eigenvalue weighted by Crippen LogP contribution is -2.46. The number of pyridine rings is 1. The molecule has 1 N–H and O–H groups in total. The molecule has 22 heavy (non-hydrogen) atoms. The third kappa shape index (κ3) is 2.15. The summed E-state index contributed by atoms with van der Waals surface area (Å²) in [4.78, 5) is 4.43. The minimum Gasteiger partial charge on any atom is -0.389 e. The Morgan fingerprint density at radius 1 is 1.14 bits per heavy atom. The Balaban J connectivity index is 1.69. The maximum absolute atomic E-state index is 12.2. The fraction of sp³-hybridized carbons (Fsp3) is 0.471. The summed E-state index contributed by atoms with van der Waals surface area (Å²) in [5.74, 6) is 0. The molecule has 2 aromatic rings. The monoisotopic (exact) mass is 317 g/mol. The summed E-state index contributed by atoms with van der Waals surface area (Å²) in [6.45, 7) is 0. The molecule has 0 spiro atoms. The van der Waals surface area contributed by atoms with Gasteiger partial charge in [-0.2, -0.15) is 0 Å². The molecule has 2 aliphatic heterocycles. The average Bonchev–Trinajstić information content (AvgIpc) is 2.66. The summed E-state index contributed by atoms with van der Waals surface area (Å²) in [5, 5.41) is 11.3. The van der Waals surface area contributed by atoms with Crippen LogP contribution in [-0.2, 0) is 16.3 Å². The van der Waals surface area contributed by atoms with Gasteiger partial charge in [0.2, 0.25) is 0 Å². The quantitative estimate of drug-likeness (QED) is 0.922. The van der Waals surface area contributed by atoms with Crippen LogP contribution in [0.2, 0.25) is 0 Å². The molecule has 116 valence electrons. The number of nitrogens with zero attached hydrogens (tertiary/aromatic N) is 1. The van der Waals surface area contributed by atoms with E-state index >= 15 is 0 Å². The van der Waals surface area contributed by atoms with E-state index < -0.39 is 15.4 Å². The van der Waals surface area contributed by atoms with Gasteiger partial charge in [-0.05, 0) is 37.3 Å². The first-order valence-corrected chi connectivity index (χ1v) is 9.37. The van der Waals surface area contributed by atoms with E-state index in [1.807, 2.05) is 30.3 Å². The second-order valence-corrected chi connectivity index (χ2v) is 9.22. The molecule has 3 heterocycles. The molecule has 2 saturated heterocycles. The van der Waals surface area contributed by atoms with Crippen LogP contribution in [0.5, 0.6) is 0 Å². The van der Waals surface area contributed by atoms with Gasteiger partial charge in [0.25, 0.3) is 0 Å². The van der Waals surface area contributed by atoms with E-state index in [4.69, 9.17) is 0 Å². The molecule has 2 bridgehead atoms. The number of benzene rings is 1. The number of rotatable bonds is 2. The minimum absolute atomic E-state index is 0.356. The smallest absolute Gasteiger partial charge is 0.156 e. The highest BCUT2D eigenvalue weighted by Gasteiger charge is 2.52. The molecule has 1 aromatic heterocycles. The summed E-state index contributed by atoms with van der Waals surface area (Å²) in [5.41, 5.74) is 0.974. The van der Waals surface area contributed by atoms with Crippen molar-refractivity contribution in [2.45, 2.75) is 48.2 Å². The molecule has 0 amide bonds. The summed E-state index contributed by atoms with van der Waals surface area (Å²) in [7, 11) is -3.01. The standard InChI is InChI=1S/C17H19NO3S/c19-17(10-14-6-7-15(11-17)22(14,20)21)9-13-4-1-3-12-5-2-8-18-16(12)13/h1-5,8,14-15,19H,6-7,9-11H2. The topological polar surface area (TPSA) is 67.3 Å². The van der Waals surface area contributed by atoms with Crippen LogP contribution in [0, 0.1) is 0 Å². The average molecular weight is 317 g/mol. The fourth-order valence-corrected chi connectivity index (χ4v) is 6.71. The second kappa shape index (κ2) is 4.77. The Morgan fingerprint density at radius 2 is 1.82 bits per heavy atom. The zero-order valence-electron chi connectivity index (χ0n) is 12.3. The molecule has 0 saturated carbocycles. The van der Waals surface area contributed by atoms with Gasteiger partial charge in [-0.25, -0.2) is 8.42 Å². The Kier molecular flexibility index (Phi) is 3.07. The zero-order valence-corrected chi connectivity index (χ0v) is 13.1. The summed E-state index contributed by atoms with van der Waals surface area (Å²) < 4.78 is 24.4. The second-order valence-electron chi connectivity index (χ2n) is 6.71. The van der Waals surface area contributed by atoms with E-state index in [0.717, 1.165) is 16.5 Å². The van der Waals surface area contributed by atoms with Gasteiger partial charge >= 0.3 is 0 Å². The molecule has 5 heteroatoms. The van der Waals surface area contributed by atoms with Crippen LogP contribution in [-0.4, -0.2) is 34.6 Å². The molecular formula is C17H19NO3S. The summed E-state index contributed by atoms with van der Waals surface area (Å²) in [6.07, 6.45) is 4.34. The van der Waals surface area contributed by atoms with Crippen molar-refractivity contribution < 1.29 is 13.5 Å². The van der Waals surface area contributed by atoms with Gasteiger partial charge in [0.1, 0.15) is 0 Å². The van der Waals surface area contributed by atoms with E-state index in [-0.39, 0.29) is 10.5 Å². The minimum atomic E-state index is -3.01. The Bertz CT molecular complexity index is 805. The maximum Gasteiger partial charge on any atom is 0.156 e. The van der Waals surface area contributed by atoms with Crippen LogP contribution in [0.25, 0.3) is 10.9 Å². The third-order valence-corrected chi connectivity index (χ3v) is 7.85. The van der Waals surface area contributed by atoms with Crippen LogP contribution in [0.15, 0.2) is 36.5 Å². The molecule has 2 aliphatic rings. The highest BCUT2D eigenvalue weighted by Crippen LogP contribution is 2.44. The first-order chi connectivity index (χ1) is 10.5. The molecule has 1 aromatic carbocycles. The van der Waals surface area contributed by atoms with Gasteiger partial charge in [0.05, 0.1) is 21.6 Å². The number of para-hydroxylation sites is 1. The van der Waals surface area contributed by atoms with Crippen molar-refractivity contribution in [3.8, 4) is 0 Å². The molecular weight excluding hydrogens is 298 g/mol. The number of hydrogen-bond donors (Lipinski definition) is 1. The number of fused-ring (bicyclic) bond motifs is 3. The normalized spacial score (nSPS) is 33.1. The van der Waals surface area contributed by atoms with E-state index in [2.05, 4.69) is 4.98 Å². The molecule has 2 fully saturated rings. The maximum atomic E-state index is 12.2. The lowest BCUT2D eigenvalue weighted by Gasteiger charge is -2.36. The van der Waals surface area contributed by atoms with E-state index in [1.54, 1.807) is 6.20 Å². The largest absolute Gasteiger partial charge is 0.389 e. The lowest BCUT2D eigenvalue weighted by molar-refractivity contribution is 0.0222. The summed E-state index contributed by atoms with van der Waals surface area (Å²) in [6, 6.07) is 9.86. The molecule has 4 rings (SSSR count). The van der Waals surface area contributed by atoms with Gasteiger partial charge in [0.15, 0.2) is 9.84 Å². The van der Waals surface area contributed by atoms with Crippen molar-refractivity contribution in [2.24, 2.45) is 0 Å². The van der Waals surface area contributed by atoms with Gasteiger partial charge in [-0.3, -0.25) is 4.98 Å². The fourth-order valence-electron chi connectivity index (χ4n) is 4.15. The van der Waals surface area contributed by atoms with Crippen molar-refractivity contribution in [2.75, 3.05) is 0 Å². The van der Waals surface area contributed by atoms with Crippen LogP contribution in [0.3, 0.4) is 0 Å². The number of hydrogen-bond acceptors (Lipinski definition) is 4. The highest BCUT2D eigenvalue weighted by atomic mass is 32.2. The molecule has 0 radical (unpaired) electrons. The summed E-state index contributed by atoms with van der Waals surface area (Å²) >= 11 is 0. The van der Waals surface area contributed by atoms with Crippen LogP contribution in [0.1, 0.15) is 31.2 Å². The zero-order chi connectivity index (χ0) is 15.4. The lowest BCUT2D eigenvalue weighted by atomic mass is 9.86. The third-order valence-electron chi connectivity index (χ3n) is 5.19. The van der Waals surface area contributed by atoms with Crippen molar-refractivity contribution in [1.82, 2.24) is 4.98 Å². The van der Waals surface area contributed by atoms with Gasteiger partial charge in [-0.15, -0.1) is 0 Å². The SMILES string of the molecule is O=S1(=O)C2CCC1CC(O)(Cc1cccc3cccnc13)C2. The van der Waals surface area contributed by atoms with Crippen molar-refractivity contribution in [1.29, 1.82) is 0 Å². The Morgan fingerprint density at radius 3 is 2.55 bits per heavy atom. The molecule has 2 unspecified atom stereocenters. The van der Waals surface area contributed by atoms with E-state index in [1.165, 1.54) is 0 Å².